The van der Waals surface area contributed by atoms with Crippen LogP contribution in [0.1, 0.15) is 44.9 Å². The molecule has 0 aliphatic heterocycles. The molecule has 2 fully saturated rings. The molecule has 0 amide bonds. The quantitative estimate of drug-likeness (QED) is 0.836. The minimum Gasteiger partial charge on any atom is -0.479 e. The molecule has 2 saturated carbocycles. The molecule has 0 bridgehead atoms. The van der Waals surface area contributed by atoms with Crippen molar-refractivity contribution in [3.63, 3.8) is 0 Å². The van der Waals surface area contributed by atoms with E-state index in [2.05, 4.69) is 15.5 Å². The molecule has 7 nitrogen and oxygen atoms in total. The lowest BCUT2D eigenvalue weighted by Gasteiger charge is -2.39. The van der Waals surface area contributed by atoms with E-state index in [1.165, 1.54) is 0 Å². The van der Waals surface area contributed by atoms with Gasteiger partial charge >= 0.3 is 5.97 Å². The van der Waals surface area contributed by atoms with Crippen molar-refractivity contribution in [3.05, 3.63) is 5.82 Å². The second kappa shape index (κ2) is 5.12. The molecule has 0 radical (unpaired) electrons. The van der Waals surface area contributed by atoms with Gasteiger partial charge in [-0.05, 0) is 55.4 Å². The van der Waals surface area contributed by atoms with Crippen molar-refractivity contribution in [3.8, 4) is 0 Å². The molecule has 0 unspecified atom stereocenters. The molecular weight excluding hydrogens is 260 g/mol. The molecule has 1 aromatic heterocycles. The third-order valence-corrected chi connectivity index (χ3v) is 4.58. The SMILES string of the molecule is CCOC1CC(Cc2nnnn2C2(C(=O)O)CCC2)C1. The summed E-state index contributed by atoms with van der Waals surface area (Å²) < 4.78 is 7.09. The average Bonchev–Trinajstić information content (AvgIpc) is 2.73. The molecule has 2 aliphatic rings. The monoisotopic (exact) mass is 280 g/mol. The van der Waals surface area contributed by atoms with E-state index in [0.717, 1.165) is 32.3 Å². The lowest BCUT2D eigenvalue weighted by Crippen LogP contribution is -2.49. The molecule has 1 N–H and O–H groups in total. The van der Waals surface area contributed by atoms with Crippen LogP contribution in [0.25, 0.3) is 0 Å². The molecule has 3 rings (SSSR count). The van der Waals surface area contributed by atoms with Gasteiger partial charge in [0.15, 0.2) is 11.4 Å². The van der Waals surface area contributed by atoms with Gasteiger partial charge in [0.1, 0.15) is 0 Å². The van der Waals surface area contributed by atoms with Crippen LogP contribution in [0, 0.1) is 5.92 Å². The summed E-state index contributed by atoms with van der Waals surface area (Å²) >= 11 is 0. The first-order chi connectivity index (χ1) is 9.65. The van der Waals surface area contributed by atoms with Crippen LogP contribution in [-0.2, 0) is 21.5 Å². The summed E-state index contributed by atoms with van der Waals surface area (Å²) in [5.41, 5.74) is -0.901. The van der Waals surface area contributed by atoms with Gasteiger partial charge in [-0.15, -0.1) is 5.10 Å². The molecule has 0 saturated heterocycles. The second-order valence-corrected chi connectivity index (χ2v) is 5.82. The summed E-state index contributed by atoms with van der Waals surface area (Å²) in [6.07, 6.45) is 5.28. The number of aromatic nitrogens is 4. The van der Waals surface area contributed by atoms with Crippen molar-refractivity contribution in [2.24, 2.45) is 5.92 Å². The zero-order valence-corrected chi connectivity index (χ0v) is 11.7. The fraction of sp³-hybridized carbons (Fsp3) is 0.846. The Labute approximate surface area is 117 Å². The Morgan fingerprint density at radius 2 is 2.25 bits per heavy atom. The molecule has 20 heavy (non-hydrogen) atoms. The highest BCUT2D eigenvalue weighted by molar-refractivity contribution is 5.77. The molecule has 7 heteroatoms. The number of tetrazole rings is 1. The zero-order chi connectivity index (χ0) is 14.2. The van der Waals surface area contributed by atoms with Crippen molar-refractivity contribution in [1.29, 1.82) is 0 Å². The van der Waals surface area contributed by atoms with Gasteiger partial charge in [0.25, 0.3) is 0 Å². The van der Waals surface area contributed by atoms with Crippen LogP contribution in [0.4, 0.5) is 0 Å². The first-order valence-electron chi connectivity index (χ1n) is 7.28. The lowest BCUT2D eigenvalue weighted by molar-refractivity contribution is -0.153. The lowest BCUT2D eigenvalue weighted by atomic mass is 9.76. The molecular formula is C13H20N4O3. The van der Waals surface area contributed by atoms with Crippen LogP contribution in [0.5, 0.6) is 0 Å². The van der Waals surface area contributed by atoms with Crippen LogP contribution < -0.4 is 0 Å². The molecule has 0 atom stereocenters. The number of ether oxygens (including phenoxy) is 1. The van der Waals surface area contributed by atoms with Crippen LogP contribution in [0.15, 0.2) is 0 Å². The van der Waals surface area contributed by atoms with E-state index in [1.807, 2.05) is 6.92 Å². The normalized spacial score (nSPS) is 27.6. The number of carboxylic acids is 1. The van der Waals surface area contributed by atoms with Crippen molar-refractivity contribution >= 4 is 5.97 Å². The Morgan fingerprint density at radius 1 is 1.50 bits per heavy atom. The van der Waals surface area contributed by atoms with E-state index < -0.39 is 11.5 Å². The van der Waals surface area contributed by atoms with Crippen molar-refractivity contribution in [1.82, 2.24) is 20.2 Å². The molecule has 0 spiro atoms. The van der Waals surface area contributed by atoms with Gasteiger partial charge in [0.05, 0.1) is 6.10 Å². The predicted molar refractivity (Wildman–Crippen MR) is 69.1 cm³/mol. The summed E-state index contributed by atoms with van der Waals surface area (Å²) in [6, 6.07) is 0. The van der Waals surface area contributed by atoms with E-state index in [-0.39, 0.29) is 0 Å². The highest BCUT2D eigenvalue weighted by Gasteiger charge is 2.49. The van der Waals surface area contributed by atoms with Gasteiger partial charge in [0.2, 0.25) is 0 Å². The summed E-state index contributed by atoms with van der Waals surface area (Å²) in [6.45, 7) is 2.75. The van der Waals surface area contributed by atoms with Crippen LogP contribution in [-0.4, -0.2) is 44.0 Å². The minimum atomic E-state index is -0.901. The predicted octanol–water partition coefficient (Wildman–Crippen LogP) is 0.994. The molecule has 0 aromatic carbocycles. The summed E-state index contributed by atoms with van der Waals surface area (Å²) in [5.74, 6) is 0.382. The van der Waals surface area contributed by atoms with Gasteiger partial charge < -0.3 is 9.84 Å². The van der Waals surface area contributed by atoms with E-state index >= 15 is 0 Å². The van der Waals surface area contributed by atoms with Crippen LogP contribution in [0.2, 0.25) is 0 Å². The summed E-state index contributed by atoms with van der Waals surface area (Å²) in [5, 5.41) is 21.1. The second-order valence-electron chi connectivity index (χ2n) is 5.82. The highest BCUT2D eigenvalue weighted by Crippen LogP contribution is 2.40. The van der Waals surface area contributed by atoms with Gasteiger partial charge in [0, 0.05) is 13.0 Å². The third-order valence-electron chi connectivity index (χ3n) is 4.58. The zero-order valence-electron chi connectivity index (χ0n) is 11.7. The molecule has 1 heterocycles. The Bertz CT molecular complexity index is 492. The largest absolute Gasteiger partial charge is 0.479 e. The maximum Gasteiger partial charge on any atom is 0.331 e. The van der Waals surface area contributed by atoms with Gasteiger partial charge in [-0.1, -0.05) is 0 Å². The standard InChI is InChI=1S/C13H20N4O3/c1-2-20-10-6-9(7-10)8-11-14-15-16-17(11)13(12(18)19)4-3-5-13/h9-10H,2-8H2,1H3,(H,18,19). The fourth-order valence-electron chi connectivity index (χ4n) is 3.16. The van der Waals surface area contributed by atoms with Gasteiger partial charge in [-0.25, -0.2) is 9.48 Å². The number of hydrogen-bond donors (Lipinski definition) is 1. The molecule has 110 valence electrons. The number of carbonyl (C=O) groups is 1. The topological polar surface area (TPSA) is 90.1 Å². The van der Waals surface area contributed by atoms with Gasteiger partial charge in [-0.3, -0.25) is 0 Å². The molecule has 1 aromatic rings. The fourth-order valence-corrected chi connectivity index (χ4v) is 3.16. The average molecular weight is 280 g/mol. The maximum atomic E-state index is 11.5. The first kappa shape index (κ1) is 13.5. The Morgan fingerprint density at radius 3 is 2.80 bits per heavy atom. The summed E-state index contributed by atoms with van der Waals surface area (Å²) in [7, 11) is 0. The third kappa shape index (κ3) is 2.09. The first-order valence-corrected chi connectivity index (χ1v) is 7.28. The maximum absolute atomic E-state index is 11.5. The Kier molecular flexibility index (Phi) is 3.45. The number of aliphatic carboxylic acids is 1. The Balaban J connectivity index is 1.67. The van der Waals surface area contributed by atoms with Crippen molar-refractivity contribution < 1.29 is 14.6 Å². The smallest absolute Gasteiger partial charge is 0.331 e. The van der Waals surface area contributed by atoms with Crippen molar-refractivity contribution in [2.45, 2.75) is 57.1 Å². The van der Waals surface area contributed by atoms with E-state index in [0.29, 0.717) is 30.7 Å². The van der Waals surface area contributed by atoms with Gasteiger partial charge in [-0.2, -0.15) is 0 Å². The van der Waals surface area contributed by atoms with Crippen molar-refractivity contribution in [2.75, 3.05) is 6.61 Å². The van der Waals surface area contributed by atoms with E-state index in [1.54, 1.807) is 4.68 Å². The summed E-state index contributed by atoms with van der Waals surface area (Å²) in [4.78, 5) is 11.5. The Hall–Kier alpha value is -1.50. The minimum absolute atomic E-state index is 0.353. The van der Waals surface area contributed by atoms with Crippen LogP contribution >= 0.6 is 0 Å². The number of hydrogen-bond acceptors (Lipinski definition) is 5. The highest BCUT2D eigenvalue weighted by atomic mass is 16.5. The number of rotatable bonds is 6. The molecule has 2 aliphatic carbocycles. The van der Waals surface area contributed by atoms with E-state index in [4.69, 9.17) is 4.74 Å². The van der Waals surface area contributed by atoms with E-state index in [9.17, 15) is 9.90 Å². The van der Waals surface area contributed by atoms with Crippen LogP contribution in [0.3, 0.4) is 0 Å². The number of carboxylic acid groups (broad SMARTS) is 1. The number of nitrogens with zero attached hydrogens (tertiary/aromatic N) is 4.